The van der Waals surface area contributed by atoms with Crippen LogP contribution in [-0.2, 0) is 14.3 Å². The number of aliphatic hydroxyl groups excluding tert-OH is 1. The number of ether oxygens (including phenoxy) is 1. The van der Waals surface area contributed by atoms with Crippen LogP contribution in [0.25, 0.3) is 0 Å². The summed E-state index contributed by atoms with van der Waals surface area (Å²) in [5.74, 6) is 1.71. The second-order valence-electron chi connectivity index (χ2n) is 10.1. The minimum absolute atomic E-state index is 0.0363. The second-order valence-corrected chi connectivity index (χ2v) is 10.1. The van der Waals surface area contributed by atoms with Gasteiger partial charge in [-0.2, -0.15) is 0 Å². The molecule has 0 spiro atoms. The molecule has 27 heavy (non-hydrogen) atoms. The number of allylic oxidation sites excluding steroid dienone is 1. The van der Waals surface area contributed by atoms with E-state index in [9.17, 15) is 14.7 Å². The molecule has 0 amide bonds. The SMILES string of the molecule is CC(=O)OCC(=O)[C@@H]1CCC2C3CC=C4C[C@H](O)CC[C@@]4(C)C3CC[C@]21C. The number of aliphatic hydroxyl groups is 1. The van der Waals surface area contributed by atoms with Gasteiger partial charge in [-0.05, 0) is 80.0 Å². The van der Waals surface area contributed by atoms with E-state index in [0.29, 0.717) is 17.8 Å². The Hall–Kier alpha value is -1.16. The highest BCUT2D eigenvalue weighted by atomic mass is 16.5. The zero-order valence-corrected chi connectivity index (χ0v) is 17.0. The Kier molecular flexibility index (Phi) is 4.77. The number of carbonyl (C=O) groups excluding carboxylic acids is 2. The molecular weight excluding hydrogens is 340 g/mol. The maximum absolute atomic E-state index is 12.8. The van der Waals surface area contributed by atoms with Crippen LogP contribution in [-0.4, -0.2) is 29.6 Å². The molecule has 4 aliphatic carbocycles. The summed E-state index contributed by atoms with van der Waals surface area (Å²) >= 11 is 0. The Morgan fingerprint density at radius 1 is 1.15 bits per heavy atom. The van der Waals surface area contributed by atoms with Crippen LogP contribution in [0.3, 0.4) is 0 Å². The fraction of sp³-hybridized carbons (Fsp3) is 0.826. The van der Waals surface area contributed by atoms with Gasteiger partial charge in [-0.1, -0.05) is 25.5 Å². The third-order valence-corrected chi connectivity index (χ3v) is 8.88. The third-order valence-electron chi connectivity index (χ3n) is 8.88. The number of hydrogen-bond acceptors (Lipinski definition) is 4. The van der Waals surface area contributed by atoms with Crippen molar-refractivity contribution in [2.24, 2.45) is 34.5 Å². The van der Waals surface area contributed by atoms with Crippen LogP contribution in [0.1, 0.15) is 72.1 Å². The van der Waals surface area contributed by atoms with Crippen LogP contribution in [0.5, 0.6) is 0 Å². The first-order valence-electron chi connectivity index (χ1n) is 10.8. The summed E-state index contributed by atoms with van der Waals surface area (Å²) in [5.41, 5.74) is 1.78. The Morgan fingerprint density at radius 2 is 1.93 bits per heavy atom. The molecule has 4 heteroatoms. The van der Waals surface area contributed by atoms with Crippen molar-refractivity contribution < 1.29 is 19.4 Å². The second kappa shape index (κ2) is 6.72. The highest BCUT2D eigenvalue weighted by Crippen LogP contribution is 2.66. The summed E-state index contributed by atoms with van der Waals surface area (Å²) < 4.78 is 5.02. The summed E-state index contributed by atoms with van der Waals surface area (Å²) in [6.07, 6.45) is 10.6. The maximum Gasteiger partial charge on any atom is 0.303 e. The van der Waals surface area contributed by atoms with E-state index < -0.39 is 0 Å². The van der Waals surface area contributed by atoms with E-state index in [1.54, 1.807) is 0 Å². The molecule has 0 saturated heterocycles. The average molecular weight is 375 g/mol. The quantitative estimate of drug-likeness (QED) is 0.598. The van der Waals surface area contributed by atoms with E-state index in [1.807, 2.05) is 0 Å². The lowest BCUT2D eigenvalue weighted by Crippen LogP contribution is -2.51. The van der Waals surface area contributed by atoms with E-state index in [0.717, 1.165) is 44.9 Å². The Bertz CT molecular complexity index is 667. The smallest absolute Gasteiger partial charge is 0.303 e. The molecule has 0 heterocycles. The van der Waals surface area contributed by atoms with Crippen LogP contribution in [0.15, 0.2) is 11.6 Å². The topological polar surface area (TPSA) is 63.6 Å². The number of rotatable bonds is 3. The minimum Gasteiger partial charge on any atom is -0.458 e. The van der Waals surface area contributed by atoms with Crippen LogP contribution < -0.4 is 0 Å². The maximum atomic E-state index is 12.8. The molecule has 4 rings (SSSR count). The number of ketones is 1. The molecule has 0 aromatic carbocycles. The molecular formula is C23H34O4. The van der Waals surface area contributed by atoms with Crippen molar-refractivity contribution >= 4 is 11.8 Å². The highest BCUT2D eigenvalue weighted by Gasteiger charge is 2.59. The van der Waals surface area contributed by atoms with Crippen LogP contribution >= 0.6 is 0 Å². The van der Waals surface area contributed by atoms with Crippen molar-refractivity contribution in [1.82, 2.24) is 0 Å². The first-order valence-corrected chi connectivity index (χ1v) is 10.8. The van der Waals surface area contributed by atoms with Gasteiger partial charge in [0.1, 0.15) is 6.61 Å². The van der Waals surface area contributed by atoms with Crippen molar-refractivity contribution in [3.63, 3.8) is 0 Å². The van der Waals surface area contributed by atoms with Gasteiger partial charge in [-0.15, -0.1) is 0 Å². The molecule has 0 aromatic heterocycles. The van der Waals surface area contributed by atoms with E-state index in [4.69, 9.17) is 4.74 Å². The Balaban J connectivity index is 1.55. The molecule has 150 valence electrons. The summed E-state index contributed by atoms with van der Waals surface area (Å²) in [4.78, 5) is 23.9. The third kappa shape index (κ3) is 2.99. The molecule has 3 unspecified atom stereocenters. The first-order chi connectivity index (χ1) is 12.8. The van der Waals surface area contributed by atoms with Crippen molar-refractivity contribution in [2.45, 2.75) is 78.2 Å². The zero-order chi connectivity index (χ0) is 19.4. The van der Waals surface area contributed by atoms with Crippen molar-refractivity contribution in [1.29, 1.82) is 0 Å². The Morgan fingerprint density at radius 3 is 2.67 bits per heavy atom. The van der Waals surface area contributed by atoms with Gasteiger partial charge in [0.2, 0.25) is 0 Å². The molecule has 0 aromatic rings. The van der Waals surface area contributed by atoms with E-state index in [2.05, 4.69) is 19.9 Å². The fourth-order valence-corrected chi connectivity index (χ4v) is 7.44. The first kappa shape index (κ1) is 19.2. The Labute approximate surface area is 162 Å². The lowest BCUT2D eigenvalue weighted by molar-refractivity contribution is -0.149. The normalized spacial score (nSPS) is 45.9. The van der Waals surface area contributed by atoms with E-state index >= 15 is 0 Å². The zero-order valence-electron chi connectivity index (χ0n) is 17.0. The molecule has 0 bridgehead atoms. The lowest BCUT2D eigenvalue weighted by atomic mass is 9.47. The van der Waals surface area contributed by atoms with Gasteiger partial charge in [0.25, 0.3) is 0 Å². The summed E-state index contributed by atoms with van der Waals surface area (Å²) in [6.45, 7) is 6.06. The van der Waals surface area contributed by atoms with Crippen molar-refractivity contribution in [3.8, 4) is 0 Å². The summed E-state index contributed by atoms with van der Waals surface area (Å²) in [7, 11) is 0. The molecule has 4 aliphatic rings. The van der Waals surface area contributed by atoms with E-state index in [-0.39, 0.29) is 41.2 Å². The molecule has 1 N–H and O–H groups in total. The minimum atomic E-state index is -0.371. The fourth-order valence-electron chi connectivity index (χ4n) is 7.44. The average Bonchev–Trinajstić information content (AvgIpc) is 2.97. The van der Waals surface area contributed by atoms with Gasteiger partial charge < -0.3 is 9.84 Å². The van der Waals surface area contributed by atoms with Gasteiger partial charge in [0.15, 0.2) is 5.78 Å². The lowest BCUT2D eigenvalue weighted by Gasteiger charge is -2.57. The van der Waals surface area contributed by atoms with E-state index in [1.165, 1.54) is 18.9 Å². The number of Topliss-reactive ketones (excluding diaryl/α,β-unsaturated/α-hetero) is 1. The molecule has 4 nitrogen and oxygen atoms in total. The summed E-state index contributed by atoms with van der Waals surface area (Å²) in [5, 5.41) is 10.1. The van der Waals surface area contributed by atoms with Crippen LogP contribution in [0.4, 0.5) is 0 Å². The standard InChI is InChI=1S/C23H34O4/c1-14(24)27-13-21(26)20-7-6-18-17-5-4-15-12-16(25)8-10-22(15,2)19(17)9-11-23(18,20)3/h4,16-20,25H,5-13H2,1-3H3/t16-,17?,18?,19?,20+,22-,23-/m1/s1. The van der Waals surface area contributed by atoms with Gasteiger partial charge in [0.05, 0.1) is 6.10 Å². The van der Waals surface area contributed by atoms with Crippen LogP contribution in [0.2, 0.25) is 0 Å². The predicted octanol–water partition coefficient (Wildman–Crippen LogP) is 4.06. The molecule has 3 saturated carbocycles. The predicted molar refractivity (Wildman–Crippen MR) is 103 cm³/mol. The van der Waals surface area contributed by atoms with Gasteiger partial charge in [-0.25, -0.2) is 0 Å². The highest BCUT2D eigenvalue weighted by molar-refractivity contribution is 5.85. The molecule has 7 atom stereocenters. The largest absolute Gasteiger partial charge is 0.458 e. The molecule has 3 fully saturated rings. The molecule has 0 radical (unpaired) electrons. The van der Waals surface area contributed by atoms with Crippen molar-refractivity contribution in [2.75, 3.05) is 6.61 Å². The number of esters is 1. The number of carbonyl (C=O) groups is 2. The molecule has 0 aliphatic heterocycles. The summed E-state index contributed by atoms with van der Waals surface area (Å²) in [6, 6.07) is 0. The van der Waals surface area contributed by atoms with Gasteiger partial charge in [-0.3, -0.25) is 9.59 Å². The van der Waals surface area contributed by atoms with Crippen LogP contribution in [0, 0.1) is 34.5 Å². The van der Waals surface area contributed by atoms with Gasteiger partial charge in [0, 0.05) is 12.8 Å². The monoisotopic (exact) mass is 374 g/mol. The van der Waals surface area contributed by atoms with Gasteiger partial charge >= 0.3 is 5.97 Å². The van der Waals surface area contributed by atoms with Crippen molar-refractivity contribution in [3.05, 3.63) is 11.6 Å². The number of hydrogen-bond donors (Lipinski definition) is 1. The number of fused-ring (bicyclic) bond motifs is 5.